The molecule has 0 unspecified atom stereocenters. The van der Waals surface area contributed by atoms with Crippen molar-refractivity contribution in [3.05, 3.63) is 17.5 Å². The molecule has 0 bridgehead atoms. The van der Waals surface area contributed by atoms with Crippen LogP contribution in [0.5, 0.6) is 0 Å². The molecular formula is C8H10F3N3. The number of aromatic nitrogens is 2. The van der Waals surface area contributed by atoms with Crippen LogP contribution in [-0.4, -0.2) is 34.4 Å². The summed E-state index contributed by atoms with van der Waals surface area (Å²) in [7, 11) is 0. The lowest BCUT2D eigenvalue weighted by molar-refractivity contribution is -0.147. The van der Waals surface area contributed by atoms with E-state index in [4.69, 9.17) is 0 Å². The van der Waals surface area contributed by atoms with Crippen LogP contribution in [0.1, 0.15) is 11.3 Å². The van der Waals surface area contributed by atoms with E-state index in [1.807, 2.05) is 0 Å². The highest BCUT2D eigenvalue weighted by Gasteiger charge is 2.32. The molecule has 1 aliphatic rings. The monoisotopic (exact) mass is 205 g/mol. The van der Waals surface area contributed by atoms with Crippen LogP contribution in [0, 0.1) is 0 Å². The van der Waals surface area contributed by atoms with Gasteiger partial charge >= 0.3 is 6.18 Å². The summed E-state index contributed by atoms with van der Waals surface area (Å²) in [5.74, 6) is 0. The first-order valence-corrected chi connectivity index (χ1v) is 4.35. The first kappa shape index (κ1) is 9.51. The fraction of sp³-hybridized carbons (Fsp3) is 0.625. The minimum Gasteiger partial charge on any atom is -0.290 e. The van der Waals surface area contributed by atoms with Gasteiger partial charge in [-0.3, -0.25) is 10.00 Å². The number of H-pyrrole nitrogens is 1. The zero-order chi connectivity index (χ0) is 10.2. The van der Waals surface area contributed by atoms with Gasteiger partial charge in [-0.25, -0.2) is 0 Å². The molecule has 14 heavy (non-hydrogen) atoms. The van der Waals surface area contributed by atoms with E-state index in [0.29, 0.717) is 19.5 Å². The van der Waals surface area contributed by atoms with Crippen molar-refractivity contribution in [2.75, 3.05) is 13.1 Å². The van der Waals surface area contributed by atoms with Crippen LogP contribution >= 0.6 is 0 Å². The highest BCUT2D eigenvalue weighted by molar-refractivity contribution is 5.18. The quantitative estimate of drug-likeness (QED) is 0.750. The number of aromatic amines is 1. The summed E-state index contributed by atoms with van der Waals surface area (Å²) < 4.78 is 36.2. The Morgan fingerprint density at radius 3 is 3.00 bits per heavy atom. The molecule has 1 N–H and O–H groups in total. The van der Waals surface area contributed by atoms with Gasteiger partial charge in [-0.1, -0.05) is 0 Å². The fourth-order valence-electron chi connectivity index (χ4n) is 1.67. The Labute approximate surface area is 78.9 Å². The molecule has 78 valence electrons. The van der Waals surface area contributed by atoms with Crippen LogP contribution in [0.15, 0.2) is 6.20 Å². The van der Waals surface area contributed by atoms with Gasteiger partial charge in [-0.15, -0.1) is 0 Å². The summed E-state index contributed by atoms with van der Waals surface area (Å²) in [5.41, 5.74) is 1.84. The third kappa shape index (κ3) is 2.06. The maximum atomic E-state index is 12.1. The minimum atomic E-state index is -4.11. The van der Waals surface area contributed by atoms with Crippen LogP contribution in [0.25, 0.3) is 0 Å². The van der Waals surface area contributed by atoms with E-state index >= 15 is 0 Å². The van der Waals surface area contributed by atoms with E-state index in [-0.39, 0.29) is 0 Å². The van der Waals surface area contributed by atoms with Gasteiger partial charge in [-0.2, -0.15) is 18.3 Å². The minimum absolute atomic E-state index is 0.339. The summed E-state index contributed by atoms with van der Waals surface area (Å²) >= 11 is 0. The van der Waals surface area contributed by atoms with Crippen LogP contribution in [0.2, 0.25) is 0 Å². The second-order valence-corrected chi connectivity index (χ2v) is 3.45. The van der Waals surface area contributed by atoms with Gasteiger partial charge in [-0.05, 0) is 0 Å². The van der Waals surface area contributed by atoms with Gasteiger partial charge < -0.3 is 0 Å². The lowest BCUT2D eigenvalue weighted by Gasteiger charge is -2.26. The van der Waals surface area contributed by atoms with Crippen LogP contribution in [0.3, 0.4) is 0 Å². The molecule has 2 heterocycles. The van der Waals surface area contributed by atoms with E-state index in [0.717, 1.165) is 11.3 Å². The van der Waals surface area contributed by atoms with Crippen molar-refractivity contribution in [3.8, 4) is 0 Å². The predicted octanol–water partition coefficient (Wildman–Crippen LogP) is 1.33. The summed E-state index contributed by atoms with van der Waals surface area (Å²) in [4.78, 5) is 1.39. The van der Waals surface area contributed by atoms with Crippen molar-refractivity contribution >= 4 is 0 Å². The molecule has 0 saturated heterocycles. The number of alkyl halides is 3. The Hall–Kier alpha value is -1.04. The SMILES string of the molecule is FC(F)(F)CN1CCc2[nH]ncc2C1. The zero-order valence-electron chi connectivity index (χ0n) is 7.43. The average Bonchev–Trinajstić information content (AvgIpc) is 2.47. The highest BCUT2D eigenvalue weighted by Crippen LogP contribution is 2.21. The first-order chi connectivity index (χ1) is 6.54. The van der Waals surface area contributed by atoms with Crippen molar-refractivity contribution in [2.24, 2.45) is 0 Å². The van der Waals surface area contributed by atoms with E-state index in [1.165, 1.54) is 4.90 Å². The number of nitrogens with zero attached hydrogens (tertiary/aromatic N) is 2. The average molecular weight is 205 g/mol. The molecule has 1 aliphatic heterocycles. The molecule has 0 radical (unpaired) electrons. The highest BCUT2D eigenvalue weighted by atomic mass is 19.4. The van der Waals surface area contributed by atoms with E-state index < -0.39 is 12.7 Å². The molecule has 0 saturated carbocycles. The Balaban J connectivity index is 2.01. The van der Waals surface area contributed by atoms with E-state index in [2.05, 4.69) is 10.2 Å². The number of halogens is 3. The van der Waals surface area contributed by atoms with Crippen LogP contribution < -0.4 is 0 Å². The van der Waals surface area contributed by atoms with E-state index in [9.17, 15) is 13.2 Å². The van der Waals surface area contributed by atoms with Gasteiger partial charge in [0, 0.05) is 30.8 Å². The second-order valence-electron chi connectivity index (χ2n) is 3.45. The molecule has 0 spiro atoms. The van der Waals surface area contributed by atoms with Gasteiger partial charge in [0.05, 0.1) is 12.7 Å². The predicted molar refractivity (Wildman–Crippen MR) is 43.6 cm³/mol. The van der Waals surface area contributed by atoms with Gasteiger partial charge in [0.1, 0.15) is 0 Å². The molecule has 2 rings (SSSR count). The standard InChI is InChI=1S/C8H10F3N3/c9-8(10,11)5-14-2-1-7-6(4-14)3-12-13-7/h3H,1-2,4-5H2,(H,12,13). The molecule has 0 aliphatic carbocycles. The summed E-state index contributed by atoms with van der Waals surface area (Å²) in [6.45, 7) is -0.0579. The number of hydrogen-bond donors (Lipinski definition) is 1. The van der Waals surface area contributed by atoms with Crippen molar-refractivity contribution < 1.29 is 13.2 Å². The molecule has 3 nitrogen and oxygen atoms in total. The van der Waals surface area contributed by atoms with Gasteiger partial charge in [0.15, 0.2) is 0 Å². The number of hydrogen-bond acceptors (Lipinski definition) is 2. The van der Waals surface area contributed by atoms with Crippen molar-refractivity contribution in [1.82, 2.24) is 15.1 Å². The van der Waals surface area contributed by atoms with Crippen LogP contribution in [-0.2, 0) is 13.0 Å². The lowest BCUT2D eigenvalue weighted by Crippen LogP contribution is -2.37. The van der Waals surface area contributed by atoms with Crippen LogP contribution in [0.4, 0.5) is 13.2 Å². The third-order valence-corrected chi connectivity index (χ3v) is 2.28. The fourth-order valence-corrected chi connectivity index (χ4v) is 1.67. The number of nitrogens with one attached hydrogen (secondary N) is 1. The molecule has 1 aromatic heterocycles. The Kier molecular flexibility index (Phi) is 2.22. The Bertz CT molecular complexity index is 318. The summed E-state index contributed by atoms with van der Waals surface area (Å²) in [6.07, 6.45) is -1.90. The maximum absolute atomic E-state index is 12.1. The van der Waals surface area contributed by atoms with E-state index in [1.54, 1.807) is 6.20 Å². The molecule has 0 atom stereocenters. The van der Waals surface area contributed by atoms with Gasteiger partial charge in [0.25, 0.3) is 0 Å². The normalized spacial score (nSPS) is 18.2. The van der Waals surface area contributed by atoms with Gasteiger partial charge in [0.2, 0.25) is 0 Å². The Morgan fingerprint density at radius 2 is 2.29 bits per heavy atom. The molecule has 0 fully saturated rings. The molecule has 6 heteroatoms. The molecule has 0 aromatic carbocycles. The van der Waals surface area contributed by atoms with Crippen molar-refractivity contribution in [3.63, 3.8) is 0 Å². The number of rotatable bonds is 1. The van der Waals surface area contributed by atoms with Crippen molar-refractivity contribution in [2.45, 2.75) is 19.1 Å². The Morgan fingerprint density at radius 1 is 1.50 bits per heavy atom. The maximum Gasteiger partial charge on any atom is 0.401 e. The largest absolute Gasteiger partial charge is 0.401 e. The smallest absolute Gasteiger partial charge is 0.290 e. The molecule has 1 aromatic rings. The second kappa shape index (κ2) is 3.27. The molecule has 0 amide bonds. The first-order valence-electron chi connectivity index (χ1n) is 4.35. The number of fused-ring (bicyclic) bond motifs is 1. The topological polar surface area (TPSA) is 31.9 Å². The zero-order valence-corrected chi connectivity index (χ0v) is 7.43. The molecular weight excluding hydrogens is 195 g/mol. The third-order valence-electron chi connectivity index (χ3n) is 2.28. The lowest BCUT2D eigenvalue weighted by atomic mass is 10.1. The summed E-state index contributed by atoms with van der Waals surface area (Å²) in [5, 5.41) is 6.58. The van der Waals surface area contributed by atoms with Crippen molar-refractivity contribution in [1.29, 1.82) is 0 Å². The summed E-state index contributed by atoms with van der Waals surface area (Å²) in [6, 6.07) is 0.